The highest BCUT2D eigenvalue weighted by molar-refractivity contribution is 5.80. The molecule has 0 spiro atoms. The minimum Gasteiger partial charge on any atom is -0.481 e. The molecule has 156 valence electrons. The van der Waals surface area contributed by atoms with Crippen LogP contribution >= 0.6 is 0 Å². The van der Waals surface area contributed by atoms with E-state index in [9.17, 15) is 4.79 Å². The molecule has 1 heterocycles. The van der Waals surface area contributed by atoms with E-state index in [0.29, 0.717) is 11.7 Å². The van der Waals surface area contributed by atoms with Gasteiger partial charge in [-0.15, -0.1) is 0 Å². The molecule has 0 radical (unpaired) electrons. The van der Waals surface area contributed by atoms with E-state index in [2.05, 4.69) is 16.2 Å². The SMILES string of the molecule is Cc1ccccc1-c1noc(CN(C)C(=O)[C@H](C)Oc2cccc3c2CCCC3)n1. The summed E-state index contributed by atoms with van der Waals surface area (Å²) in [5, 5.41) is 4.07. The van der Waals surface area contributed by atoms with Gasteiger partial charge in [-0.05, 0) is 62.3 Å². The quantitative estimate of drug-likeness (QED) is 0.610. The average molecular weight is 405 g/mol. The second-order valence-corrected chi connectivity index (χ2v) is 7.88. The van der Waals surface area contributed by atoms with Gasteiger partial charge in [-0.1, -0.05) is 41.6 Å². The van der Waals surface area contributed by atoms with Gasteiger partial charge in [0, 0.05) is 12.6 Å². The number of hydrogen-bond acceptors (Lipinski definition) is 5. The molecule has 0 N–H and O–H groups in total. The highest BCUT2D eigenvalue weighted by Gasteiger charge is 2.23. The van der Waals surface area contributed by atoms with Crippen LogP contribution in [0.25, 0.3) is 11.4 Å². The van der Waals surface area contributed by atoms with Crippen molar-refractivity contribution in [3.8, 4) is 17.1 Å². The lowest BCUT2D eigenvalue weighted by atomic mass is 9.91. The van der Waals surface area contributed by atoms with Crippen LogP contribution in [-0.4, -0.2) is 34.1 Å². The first-order valence-electron chi connectivity index (χ1n) is 10.4. The van der Waals surface area contributed by atoms with Gasteiger partial charge >= 0.3 is 0 Å². The number of likely N-dealkylation sites (N-methyl/N-ethyl adjacent to an activating group) is 1. The first-order valence-corrected chi connectivity index (χ1v) is 10.4. The lowest BCUT2D eigenvalue weighted by Crippen LogP contribution is -2.37. The number of fused-ring (bicyclic) bond motifs is 1. The van der Waals surface area contributed by atoms with E-state index in [1.165, 1.54) is 17.5 Å². The van der Waals surface area contributed by atoms with Crippen LogP contribution in [0.4, 0.5) is 0 Å². The van der Waals surface area contributed by atoms with E-state index in [0.717, 1.165) is 36.1 Å². The third kappa shape index (κ3) is 4.22. The zero-order chi connectivity index (χ0) is 21.1. The van der Waals surface area contributed by atoms with Gasteiger partial charge in [0.1, 0.15) is 5.75 Å². The first kappa shape index (κ1) is 20.1. The number of carbonyl (C=O) groups excluding carboxylic acids is 1. The molecule has 6 nitrogen and oxygen atoms in total. The van der Waals surface area contributed by atoms with Crippen LogP contribution < -0.4 is 4.74 Å². The Morgan fingerprint density at radius 1 is 1.17 bits per heavy atom. The summed E-state index contributed by atoms with van der Waals surface area (Å²) >= 11 is 0. The Bertz CT molecular complexity index is 1040. The third-order valence-electron chi connectivity index (χ3n) is 5.61. The van der Waals surface area contributed by atoms with Gasteiger partial charge in [0.05, 0.1) is 6.54 Å². The maximum absolute atomic E-state index is 12.9. The number of ether oxygens (including phenoxy) is 1. The molecule has 4 rings (SSSR count). The van der Waals surface area contributed by atoms with Crippen LogP contribution in [-0.2, 0) is 24.2 Å². The van der Waals surface area contributed by atoms with Crippen LogP contribution in [0.3, 0.4) is 0 Å². The normalized spacial score (nSPS) is 14.1. The van der Waals surface area contributed by atoms with E-state index in [1.807, 2.05) is 43.3 Å². The zero-order valence-electron chi connectivity index (χ0n) is 17.7. The molecule has 1 amide bonds. The zero-order valence-corrected chi connectivity index (χ0v) is 17.7. The minimum absolute atomic E-state index is 0.126. The number of carbonyl (C=O) groups is 1. The highest BCUT2D eigenvalue weighted by Crippen LogP contribution is 2.30. The van der Waals surface area contributed by atoms with Gasteiger partial charge in [0.15, 0.2) is 6.10 Å². The molecule has 30 heavy (non-hydrogen) atoms. The van der Waals surface area contributed by atoms with Crippen LogP contribution in [0, 0.1) is 6.92 Å². The number of nitrogens with zero attached hydrogens (tertiary/aromatic N) is 3. The van der Waals surface area contributed by atoms with Crippen molar-refractivity contribution in [3.63, 3.8) is 0 Å². The largest absolute Gasteiger partial charge is 0.481 e. The third-order valence-corrected chi connectivity index (χ3v) is 5.61. The van der Waals surface area contributed by atoms with Crippen molar-refractivity contribution in [2.45, 2.75) is 52.2 Å². The Kier molecular flexibility index (Phi) is 5.84. The van der Waals surface area contributed by atoms with Crippen LogP contribution in [0.5, 0.6) is 5.75 Å². The summed E-state index contributed by atoms with van der Waals surface area (Å²) in [6, 6.07) is 14.0. The van der Waals surface area contributed by atoms with Crippen LogP contribution in [0.2, 0.25) is 0 Å². The summed E-state index contributed by atoms with van der Waals surface area (Å²) in [5.74, 6) is 1.62. The van der Waals surface area contributed by atoms with Gasteiger partial charge in [-0.25, -0.2) is 0 Å². The van der Waals surface area contributed by atoms with Crippen molar-refractivity contribution in [1.29, 1.82) is 0 Å². The standard InChI is InChI=1S/C24H27N3O3/c1-16-9-4-6-12-19(16)23-25-22(30-26-23)15-27(3)24(28)17(2)29-21-14-8-11-18-10-5-7-13-20(18)21/h4,6,8-9,11-12,14,17H,5,7,10,13,15H2,1-3H3/t17-/m0/s1. The molecule has 1 aromatic heterocycles. The van der Waals surface area contributed by atoms with E-state index in [1.54, 1.807) is 18.9 Å². The molecule has 1 aliphatic rings. The first-order chi connectivity index (χ1) is 14.5. The molecular weight excluding hydrogens is 378 g/mol. The van der Waals surface area contributed by atoms with Crippen molar-refractivity contribution in [3.05, 3.63) is 65.0 Å². The molecule has 1 atom stereocenters. The number of benzene rings is 2. The summed E-state index contributed by atoms with van der Waals surface area (Å²) in [4.78, 5) is 18.9. The van der Waals surface area contributed by atoms with Gasteiger partial charge in [0.25, 0.3) is 5.91 Å². The second kappa shape index (κ2) is 8.69. The molecule has 0 unspecified atom stereocenters. The molecule has 0 aliphatic heterocycles. The minimum atomic E-state index is -0.595. The van der Waals surface area contributed by atoms with Crippen molar-refractivity contribution in [2.24, 2.45) is 0 Å². The molecule has 6 heteroatoms. The van der Waals surface area contributed by atoms with Gasteiger partial charge < -0.3 is 14.2 Å². The summed E-state index contributed by atoms with van der Waals surface area (Å²) in [7, 11) is 1.72. The lowest BCUT2D eigenvalue weighted by Gasteiger charge is -2.24. The fourth-order valence-corrected chi connectivity index (χ4v) is 3.94. The summed E-state index contributed by atoms with van der Waals surface area (Å²) in [6.45, 7) is 4.02. The number of amides is 1. The molecule has 0 fully saturated rings. The number of aromatic nitrogens is 2. The van der Waals surface area contributed by atoms with Crippen molar-refractivity contribution in [1.82, 2.24) is 15.0 Å². The Labute approximate surface area is 176 Å². The maximum Gasteiger partial charge on any atom is 0.263 e. The summed E-state index contributed by atoms with van der Waals surface area (Å²) < 4.78 is 11.4. The Balaban J connectivity index is 1.41. The van der Waals surface area contributed by atoms with Gasteiger partial charge in [0.2, 0.25) is 11.7 Å². The molecule has 0 saturated heterocycles. The highest BCUT2D eigenvalue weighted by atomic mass is 16.5. The Hall–Kier alpha value is -3.15. The number of hydrogen-bond donors (Lipinski definition) is 0. The Morgan fingerprint density at radius 2 is 1.97 bits per heavy atom. The monoisotopic (exact) mass is 405 g/mol. The van der Waals surface area contributed by atoms with Gasteiger partial charge in [-0.3, -0.25) is 4.79 Å². The van der Waals surface area contributed by atoms with E-state index < -0.39 is 6.10 Å². The molecule has 1 aliphatic carbocycles. The van der Waals surface area contributed by atoms with Crippen molar-refractivity contribution < 1.29 is 14.1 Å². The topological polar surface area (TPSA) is 68.5 Å². The molecule has 2 aromatic carbocycles. The molecular formula is C24H27N3O3. The summed E-state index contributed by atoms with van der Waals surface area (Å²) in [5.41, 5.74) is 4.57. The summed E-state index contributed by atoms with van der Waals surface area (Å²) in [6.07, 6.45) is 3.86. The van der Waals surface area contributed by atoms with E-state index >= 15 is 0 Å². The fourth-order valence-electron chi connectivity index (χ4n) is 3.94. The van der Waals surface area contributed by atoms with E-state index in [-0.39, 0.29) is 12.5 Å². The predicted molar refractivity (Wildman–Crippen MR) is 114 cm³/mol. The molecule has 3 aromatic rings. The van der Waals surface area contributed by atoms with Crippen LogP contribution in [0.15, 0.2) is 47.0 Å². The number of rotatable bonds is 6. The second-order valence-electron chi connectivity index (χ2n) is 7.88. The predicted octanol–water partition coefficient (Wildman–Crippen LogP) is 4.35. The smallest absolute Gasteiger partial charge is 0.263 e. The maximum atomic E-state index is 12.9. The molecule has 0 saturated carbocycles. The van der Waals surface area contributed by atoms with Crippen molar-refractivity contribution >= 4 is 5.91 Å². The van der Waals surface area contributed by atoms with Gasteiger partial charge in [-0.2, -0.15) is 4.98 Å². The average Bonchev–Trinajstić information content (AvgIpc) is 3.22. The molecule has 0 bridgehead atoms. The fraction of sp³-hybridized carbons (Fsp3) is 0.375. The van der Waals surface area contributed by atoms with E-state index in [4.69, 9.17) is 9.26 Å². The number of aryl methyl sites for hydroxylation is 2. The lowest BCUT2D eigenvalue weighted by molar-refractivity contribution is -0.137. The van der Waals surface area contributed by atoms with Crippen LogP contribution in [0.1, 0.15) is 42.3 Å². The van der Waals surface area contributed by atoms with Crippen molar-refractivity contribution in [2.75, 3.05) is 7.05 Å². The Morgan fingerprint density at radius 3 is 2.80 bits per heavy atom.